The van der Waals surface area contributed by atoms with E-state index in [1.807, 2.05) is 32.0 Å². The smallest absolute Gasteiger partial charge is 0.293 e. The van der Waals surface area contributed by atoms with Gasteiger partial charge in [0.05, 0.1) is 36.2 Å². The number of imide groups is 1. The molecule has 65 heavy (non-hydrogen) atoms. The van der Waals surface area contributed by atoms with E-state index < -0.39 is 17.8 Å². The van der Waals surface area contributed by atoms with Crippen molar-refractivity contribution in [3.8, 4) is 5.75 Å². The van der Waals surface area contributed by atoms with Crippen LogP contribution >= 0.6 is 11.6 Å². The Hall–Kier alpha value is -5.85. The van der Waals surface area contributed by atoms with E-state index in [9.17, 15) is 24.0 Å². The largest absolute Gasteiger partial charge is 0.478 e. The van der Waals surface area contributed by atoms with Crippen molar-refractivity contribution in [2.75, 3.05) is 61.5 Å². The third kappa shape index (κ3) is 8.82. The van der Waals surface area contributed by atoms with Crippen molar-refractivity contribution >= 4 is 69.3 Å². The van der Waals surface area contributed by atoms with Gasteiger partial charge in [0.15, 0.2) is 24.0 Å². The Labute approximate surface area is 380 Å². The van der Waals surface area contributed by atoms with Crippen molar-refractivity contribution in [3.05, 3.63) is 74.9 Å². The molecule has 0 bridgehead atoms. The van der Waals surface area contributed by atoms with Gasteiger partial charge < -0.3 is 39.4 Å². The molecule has 1 aliphatic carbocycles. The first-order valence-corrected chi connectivity index (χ1v) is 22.8. The Kier molecular flexibility index (Phi) is 12.4. The molecular weight excluding hydrogens is 859 g/mol. The molecule has 5 aliphatic rings. The minimum absolute atomic E-state index is 0.00687. The van der Waals surface area contributed by atoms with Crippen LogP contribution in [0.3, 0.4) is 0 Å². The number of halogens is 2. The molecule has 9 rings (SSSR count). The summed E-state index contributed by atoms with van der Waals surface area (Å²) in [6.07, 6.45) is 5.84. The van der Waals surface area contributed by atoms with E-state index in [0.29, 0.717) is 52.9 Å². The lowest BCUT2D eigenvalue weighted by atomic mass is 9.86. The summed E-state index contributed by atoms with van der Waals surface area (Å²) in [7, 11) is 1.51. The topological polar surface area (TPSA) is 184 Å². The Morgan fingerprint density at radius 3 is 2.51 bits per heavy atom. The maximum Gasteiger partial charge on any atom is 0.293 e. The van der Waals surface area contributed by atoms with Crippen LogP contribution in [-0.4, -0.2) is 125 Å². The van der Waals surface area contributed by atoms with Gasteiger partial charge in [-0.25, -0.2) is 9.37 Å². The number of piperidine rings is 2. The second kappa shape index (κ2) is 18.2. The minimum Gasteiger partial charge on any atom is -0.478 e. The van der Waals surface area contributed by atoms with Gasteiger partial charge in [-0.3, -0.25) is 34.2 Å². The lowest BCUT2D eigenvalue weighted by Crippen LogP contribution is -2.60. The number of likely N-dealkylation sites (N-methyl/N-ethyl adjacent to an activating group) is 1. The van der Waals surface area contributed by atoms with Crippen LogP contribution in [0.25, 0.3) is 10.9 Å². The molecule has 4 fully saturated rings. The number of carbonyl (C=O) groups excluding carboxylic acids is 4. The van der Waals surface area contributed by atoms with Crippen molar-refractivity contribution in [2.45, 2.75) is 102 Å². The first-order chi connectivity index (χ1) is 31.3. The number of hydrogen-bond acceptors (Lipinski definition) is 13. The quantitative estimate of drug-likeness (QED) is 0.169. The van der Waals surface area contributed by atoms with Gasteiger partial charge in [-0.2, -0.15) is 4.98 Å². The molecule has 19 heteroatoms. The van der Waals surface area contributed by atoms with Crippen LogP contribution < -0.4 is 36.0 Å². The molecule has 1 saturated carbocycles. The van der Waals surface area contributed by atoms with Gasteiger partial charge in [0.2, 0.25) is 17.8 Å². The van der Waals surface area contributed by atoms with Crippen LogP contribution in [0.1, 0.15) is 81.3 Å². The normalized spacial score (nSPS) is 22.9. The van der Waals surface area contributed by atoms with Crippen molar-refractivity contribution < 1.29 is 33.0 Å². The second-order valence-corrected chi connectivity index (χ2v) is 18.3. The highest BCUT2D eigenvalue weighted by atomic mass is 35.5. The molecule has 3 saturated heterocycles. The molecule has 2 aromatic heterocycles. The summed E-state index contributed by atoms with van der Waals surface area (Å²) in [6, 6.07) is 10.2. The molecule has 344 valence electrons. The highest BCUT2D eigenvalue weighted by Crippen LogP contribution is 2.38. The molecule has 4 aromatic rings. The van der Waals surface area contributed by atoms with Gasteiger partial charge >= 0.3 is 0 Å². The van der Waals surface area contributed by atoms with Crippen LogP contribution in [0, 0.1) is 5.82 Å². The Morgan fingerprint density at radius 2 is 1.78 bits per heavy atom. The number of aromatic nitrogens is 3. The van der Waals surface area contributed by atoms with Gasteiger partial charge in [-0.1, -0.05) is 11.6 Å². The molecule has 4 amide bonds. The number of carbonyl (C=O) groups is 4. The summed E-state index contributed by atoms with van der Waals surface area (Å²) in [4.78, 5) is 79.9. The minimum atomic E-state index is -0.787. The average molecular weight is 913 g/mol. The number of nitrogens with zero attached hydrogens (tertiary/aromatic N) is 7. The van der Waals surface area contributed by atoms with Gasteiger partial charge in [0.25, 0.3) is 17.4 Å². The first kappa shape index (κ1) is 44.4. The first-order valence-electron chi connectivity index (χ1n) is 22.5. The molecule has 2 atom stereocenters. The van der Waals surface area contributed by atoms with Crippen LogP contribution in [0.4, 0.5) is 27.5 Å². The van der Waals surface area contributed by atoms with Crippen LogP contribution in [-0.2, 0) is 25.7 Å². The molecule has 6 heterocycles. The van der Waals surface area contributed by atoms with Crippen LogP contribution in [0.15, 0.2) is 47.4 Å². The summed E-state index contributed by atoms with van der Waals surface area (Å²) in [5, 5.41) is 9.22. The lowest BCUT2D eigenvalue weighted by Gasteiger charge is -2.50. The predicted octanol–water partition coefficient (Wildman–Crippen LogP) is 4.52. The van der Waals surface area contributed by atoms with Gasteiger partial charge in [0.1, 0.15) is 11.1 Å². The number of benzene rings is 2. The van der Waals surface area contributed by atoms with Crippen molar-refractivity contribution in [3.63, 3.8) is 0 Å². The number of hydrogen-bond donors (Lipinski definition) is 3. The summed E-state index contributed by atoms with van der Waals surface area (Å²) in [6.45, 7) is 9.27. The number of rotatable bonds is 12. The zero-order chi connectivity index (χ0) is 45.7. The van der Waals surface area contributed by atoms with E-state index in [2.05, 4.69) is 42.6 Å². The van der Waals surface area contributed by atoms with E-state index in [-0.39, 0.29) is 84.9 Å². The van der Waals surface area contributed by atoms with E-state index >= 15 is 4.39 Å². The standard InChI is InChI=1S/C46H54ClFN10O7/c1-25(2)58-35-7-5-28(17-27(35)18-38(45(58)63)64-24-40(60)49-4)51-42-34(47)21-50-46(53-42)54-13-11-30(12-14-54)65-31-19-29(20-31)56-16-15-55(22-26(56)3)36-8-6-32-33(41(36)48)23-57(44(32)62)37-9-10-39(59)52-43(37)61/h5-8,17-18,21,25-26,29-31,37H,9-16,19-20,22-24H2,1-4H3,(H,49,60)(H,50,51,53)(H,52,59,61)/t26-,29?,31?,37-/m1/s1. The van der Waals surface area contributed by atoms with E-state index in [1.54, 1.807) is 29.0 Å². The van der Waals surface area contributed by atoms with Gasteiger partial charge in [0, 0.05) is 86.5 Å². The monoisotopic (exact) mass is 912 g/mol. The fourth-order valence-corrected chi connectivity index (χ4v) is 10.1. The predicted molar refractivity (Wildman–Crippen MR) is 242 cm³/mol. The van der Waals surface area contributed by atoms with Crippen molar-refractivity contribution in [2.24, 2.45) is 0 Å². The Morgan fingerprint density at radius 1 is 1.00 bits per heavy atom. The zero-order valence-corrected chi connectivity index (χ0v) is 37.7. The number of amides is 4. The summed E-state index contributed by atoms with van der Waals surface area (Å²) in [5.74, 6) is -0.913. The third-order valence-electron chi connectivity index (χ3n) is 13.4. The molecule has 17 nitrogen and oxygen atoms in total. The zero-order valence-electron chi connectivity index (χ0n) is 36.9. The molecule has 3 N–H and O–H groups in total. The molecule has 2 aromatic carbocycles. The molecule has 4 aliphatic heterocycles. The SMILES string of the molecule is CNC(=O)COc1cc2cc(Nc3nc(N4CCC(OC5CC(N6CCN(c7ccc8c(c7F)CN([C@@H]7CCC(=O)NC7=O)C8=O)C[C@H]6C)C5)CC4)ncc3Cl)ccc2n(C(C)C)c1=O. The van der Waals surface area contributed by atoms with E-state index in [0.717, 1.165) is 56.2 Å². The van der Waals surface area contributed by atoms with Crippen molar-refractivity contribution in [1.29, 1.82) is 0 Å². The average Bonchev–Trinajstić information content (AvgIpc) is 3.61. The Bertz CT molecular complexity index is 2600. The molecule has 0 radical (unpaired) electrons. The maximum atomic E-state index is 16.1. The van der Waals surface area contributed by atoms with E-state index in [4.69, 9.17) is 26.1 Å². The Balaban J connectivity index is 0.757. The van der Waals surface area contributed by atoms with Gasteiger partial charge in [-0.15, -0.1) is 0 Å². The van der Waals surface area contributed by atoms with E-state index in [1.165, 1.54) is 11.9 Å². The van der Waals surface area contributed by atoms with Crippen LogP contribution in [0.2, 0.25) is 5.02 Å². The third-order valence-corrected chi connectivity index (χ3v) is 13.7. The fourth-order valence-electron chi connectivity index (χ4n) is 9.92. The van der Waals surface area contributed by atoms with Gasteiger partial charge in [-0.05, 0) is 89.3 Å². The highest BCUT2D eigenvalue weighted by molar-refractivity contribution is 6.33. The molecule has 0 unspecified atom stereocenters. The summed E-state index contributed by atoms with van der Waals surface area (Å²) >= 11 is 6.60. The lowest BCUT2D eigenvalue weighted by molar-refractivity contribution is -0.137. The summed E-state index contributed by atoms with van der Waals surface area (Å²) < 4.78 is 30.0. The number of nitrogens with one attached hydrogen (secondary N) is 3. The number of anilines is 4. The molecule has 0 spiro atoms. The number of pyridine rings is 1. The fraction of sp³-hybridized carbons (Fsp3) is 0.500. The number of ether oxygens (including phenoxy) is 2. The van der Waals surface area contributed by atoms with Crippen molar-refractivity contribution in [1.82, 2.24) is 35.0 Å². The number of fused-ring (bicyclic) bond motifs is 2. The molecular formula is C46H54ClFN10O7. The number of piperazine rings is 1. The maximum absolute atomic E-state index is 16.1. The summed E-state index contributed by atoms with van der Waals surface area (Å²) in [5.41, 5.74) is 2.16. The second-order valence-electron chi connectivity index (χ2n) is 17.9. The highest BCUT2D eigenvalue weighted by Gasteiger charge is 2.43. The van der Waals surface area contributed by atoms with Crippen LogP contribution in [0.5, 0.6) is 5.75 Å².